The number of aromatic nitrogens is 1. The molecule has 2 aromatic carbocycles. The summed E-state index contributed by atoms with van der Waals surface area (Å²) in [6.45, 7) is 0.679. The number of hydrogen-bond acceptors (Lipinski definition) is 5. The Morgan fingerprint density at radius 1 is 1.04 bits per heavy atom. The molecule has 144 valence electrons. The monoisotopic (exact) mass is 379 g/mol. The van der Waals surface area contributed by atoms with Crippen LogP contribution >= 0.6 is 0 Å². The highest BCUT2D eigenvalue weighted by Gasteiger charge is 2.16. The standard InChI is InChI=1S/C22H21NO5/c24-19(15-8-9-20-21(12-15)27-11-10-26-20)14-28-22(25)7-3-4-16-13-23-18-6-2-1-5-17(16)18/h1-2,5-6,8-9,12-13,23H,3-4,7,10-11,14H2. The summed E-state index contributed by atoms with van der Waals surface area (Å²) in [4.78, 5) is 27.5. The van der Waals surface area contributed by atoms with Gasteiger partial charge in [0, 0.05) is 29.1 Å². The zero-order valence-electron chi connectivity index (χ0n) is 15.4. The summed E-state index contributed by atoms with van der Waals surface area (Å²) < 4.78 is 16.0. The van der Waals surface area contributed by atoms with Gasteiger partial charge in [-0.1, -0.05) is 18.2 Å². The van der Waals surface area contributed by atoms with E-state index in [-0.39, 0.29) is 24.8 Å². The number of carbonyl (C=O) groups excluding carboxylic acids is 2. The van der Waals surface area contributed by atoms with E-state index in [0.29, 0.717) is 36.7 Å². The molecule has 3 aromatic rings. The number of aromatic amines is 1. The largest absolute Gasteiger partial charge is 0.486 e. The fraction of sp³-hybridized carbons (Fsp3) is 0.273. The van der Waals surface area contributed by atoms with Crippen LogP contribution in [0, 0.1) is 0 Å². The van der Waals surface area contributed by atoms with E-state index in [1.807, 2.05) is 24.4 Å². The van der Waals surface area contributed by atoms with Gasteiger partial charge in [0.15, 0.2) is 23.9 Å². The summed E-state index contributed by atoms with van der Waals surface area (Å²) in [5.74, 6) is 0.534. The number of aryl methyl sites for hydroxylation is 1. The van der Waals surface area contributed by atoms with Crippen LogP contribution in [0.25, 0.3) is 10.9 Å². The molecule has 0 aliphatic carbocycles. The molecular formula is C22H21NO5. The van der Waals surface area contributed by atoms with Crippen molar-refractivity contribution < 1.29 is 23.8 Å². The lowest BCUT2D eigenvalue weighted by Crippen LogP contribution is -2.17. The van der Waals surface area contributed by atoms with E-state index in [2.05, 4.69) is 11.1 Å². The molecule has 0 amide bonds. The Morgan fingerprint density at radius 3 is 2.75 bits per heavy atom. The van der Waals surface area contributed by atoms with Crippen molar-refractivity contribution in [3.8, 4) is 11.5 Å². The highest BCUT2D eigenvalue weighted by atomic mass is 16.6. The molecule has 0 spiro atoms. The summed E-state index contributed by atoms with van der Waals surface area (Å²) in [5.41, 5.74) is 2.71. The molecule has 1 N–H and O–H groups in total. The van der Waals surface area contributed by atoms with Gasteiger partial charge < -0.3 is 19.2 Å². The lowest BCUT2D eigenvalue weighted by Gasteiger charge is -2.18. The minimum atomic E-state index is -0.370. The van der Waals surface area contributed by atoms with Crippen molar-refractivity contribution in [3.05, 3.63) is 59.8 Å². The minimum Gasteiger partial charge on any atom is -0.486 e. The van der Waals surface area contributed by atoms with Crippen molar-refractivity contribution >= 4 is 22.7 Å². The number of H-pyrrole nitrogens is 1. The van der Waals surface area contributed by atoms with Crippen molar-refractivity contribution in [1.82, 2.24) is 4.98 Å². The second-order valence-corrected chi connectivity index (χ2v) is 6.66. The second kappa shape index (κ2) is 8.17. The van der Waals surface area contributed by atoms with E-state index in [1.54, 1.807) is 18.2 Å². The number of nitrogens with one attached hydrogen (secondary N) is 1. The average molecular weight is 379 g/mol. The third-order valence-corrected chi connectivity index (χ3v) is 4.73. The predicted molar refractivity (Wildman–Crippen MR) is 104 cm³/mol. The van der Waals surface area contributed by atoms with Gasteiger partial charge in [-0.25, -0.2) is 0 Å². The molecule has 0 radical (unpaired) electrons. The maximum Gasteiger partial charge on any atom is 0.306 e. The molecule has 0 fully saturated rings. The number of benzene rings is 2. The zero-order chi connectivity index (χ0) is 19.3. The number of ketones is 1. The van der Waals surface area contributed by atoms with Crippen molar-refractivity contribution in [1.29, 1.82) is 0 Å². The van der Waals surface area contributed by atoms with E-state index in [1.165, 1.54) is 10.9 Å². The number of para-hydroxylation sites is 1. The van der Waals surface area contributed by atoms with Gasteiger partial charge in [0.2, 0.25) is 0 Å². The first-order valence-electron chi connectivity index (χ1n) is 9.34. The van der Waals surface area contributed by atoms with E-state index in [0.717, 1.165) is 11.9 Å². The van der Waals surface area contributed by atoms with Gasteiger partial charge in [0.25, 0.3) is 0 Å². The summed E-state index contributed by atoms with van der Waals surface area (Å²) in [6.07, 6.45) is 3.68. The lowest BCUT2D eigenvalue weighted by atomic mass is 10.1. The van der Waals surface area contributed by atoms with E-state index >= 15 is 0 Å². The van der Waals surface area contributed by atoms with Crippen LogP contribution in [0.1, 0.15) is 28.8 Å². The number of hydrogen-bond donors (Lipinski definition) is 1. The number of Topliss-reactive ketones (excluding diaryl/α,β-unsaturated/α-hetero) is 1. The lowest BCUT2D eigenvalue weighted by molar-refractivity contribution is -0.142. The minimum absolute atomic E-state index is 0.262. The van der Waals surface area contributed by atoms with E-state index < -0.39 is 0 Å². The smallest absolute Gasteiger partial charge is 0.306 e. The highest BCUT2D eigenvalue weighted by Crippen LogP contribution is 2.30. The summed E-state index contributed by atoms with van der Waals surface area (Å²) >= 11 is 0. The van der Waals surface area contributed by atoms with Gasteiger partial charge in [-0.3, -0.25) is 9.59 Å². The Morgan fingerprint density at radius 2 is 1.86 bits per heavy atom. The SMILES string of the molecule is O=C(CCCc1c[nH]c2ccccc12)OCC(=O)c1ccc2c(c1)OCCO2. The van der Waals surface area contributed by atoms with Crippen molar-refractivity contribution in [2.45, 2.75) is 19.3 Å². The van der Waals surface area contributed by atoms with Gasteiger partial charge in [-0.2, -0.15) is 0 Å². The molecule has 0 bridgehead atoms. The molecule has 0 saturated carbocycles. The fourth-order valence-electron chi connectivity index (χ4n) is 3.28. The van der Waals surface area contributed by atoms with Gasteiger partial charge in [0.1, 0.15) is 13.2 Å². The van der Waals surface area contributed by atoms with Gasteiger partial charge in [-0.05, 0) is 42.7 Å². The van der Waals surface area contributed by atoms with Gasteiger partial charge in [0.05, 0.1) is 0 Å². The van der Waals surface area contributed by atoms with Crippen LogP contribution < -0.4 is 9.47 Å². The molecule has 1 aromatic heterocycles. The first-order chi connectivity index (χ1) is 13.7. The van der Waals surface area contributed by atoms with Crippen LogP contribution in [-0.2, 0) is 16.0 Å². The summed E-state index contributed by atoms with van der Waals surface area (Å²) in [6, 6.07) is 13.0. The van der Waals surface area contributed by atoms with Crippen LogP contribution in [0.2, 0.25) is 0 Å². The second-order valence-electron chi connectivity index (χ2n) is 6.66. The third-order valence-electron chi connectivity index (χ3n) is 4.73. The Kier molecular flexibility index (Phi) is 5.28. The molecule has 6 nitrogen and oxygen atoms in total. The number of rotatable bonds is 7. The Hall–Kier alpha value is -3.28. The van der Waals surface area contributed by atoms with Crippen molar-refractivity contribution in [2.75, 3.05) is 19.8 Å². The molecule has 4 rings (SSSR count). The Labute approximate surface area is 162 Å². The van der Waals surface area contributed by atoms with Gasteiger partial charge in [-0.15, -0.1) is 0 Å². The Balaban J connectivity index is 1.24. The number of ether oxygens (including phenoxy) is 3. The topological polar surface area (TPSA) is 77.6 Å². The quantitative estimate of drug-likeness (QED) is 0.500. The molecule has 6 heteroatoms. The van der Waals surface area contributed by atoms with Crippen LogP contribution in [-0.4, -0.2) is 36.6 Å². The molecule has 1 aliphatic heterocycles. The van der Waals surface area contributed by atoms with Crippen molar-refractivity contribution in [3.63, 3.8) is 0 Å². The van der Waals surface area contributed by atoms with Crippen LogP contribution in [0.15, 0.2) is 48.7 Å². The molecule has 0 atom stereocenters. The number of esters is 1. The number of carbonyl (C=O) groups is 2. The number of fused-ring (bicyclic) bond motifs is 2. The first-order valence-corrected chi connectivity index (χ1v) is 9.34. The molecule has 2 heterocycles. The van der Waals surface area contributed by atoms with Crippen LogP contribution in [0.3, 0.4) is 0 Å². The van der Waals surface area contributed by atoms with E-state index in [9.17, 15) is 9.59 Å². The molecule has 0 unspecified atom stereocenters. The molecule has 28 heavy (non-hydrogen) atoms. The fourth-order valence-corrected chi connectivity index (χ4v) is 3.28. The molecule has 0 saturated heterocycles. The maximum absolute atomic E-state index is 12.3. The van der Waals surface area contributed by atoms with Crippen LogP contribution in [0.5, 0.6) is 11.5 Å². The van der Waals surface area contributed by atoms with Crippen LogP contribution in [0.4, 0.5) is 0 Å². The third kappa shape index (κ3) is 4.01. The molecular weight excluding hydrogens is 358 g/mol. The maximum atomic E-state index is 12.3. The Bertz CT molecular complexity index is 1010. The van der Waals surface area contributed by atoms with Gasteiger partial charge >= 0.3 is 5.97 Å². The zero-order valence-corrected chi connectivity index (χ0v) is 15.4. The predicted octanol–water partition coefficient (Wildman–Crippen LogP) is 3.69. The summed E-state index contributed by atoms with van der Waals surface area (Å²) in [7, 11) is 0. The normalized spacial score (nSPS) is 12.7. The van der Waals surface area contributed by atoms with E-state index in [4.69, 9.17) is 14.2 Å². The average Bonchev–Trinajstić information content (AvgIpc) is 3.15. The first kappa shape index (κ1) is 18.1. The highest BCUT2D eigenvalue weighted by molar-refractivity contribution is 5.98. The van der Waals surface area contributed by atoms with Crippen molar-refractivity contribution in [2.24, 2.45) is 0 Å². The molecule has 1 aliphatic rings. The summed E-state index contributed by atoms with van der Waals surface area (Å²) in [5, 5.41) is 1.17.